The molecule has 10 nitrogen and oxygen atoms in total. The van der Waals surface area contributed by atoms with Gasteiger partial charge in [0, 0.05) is 39.0 Å². The molecule has 216 valence electrons. The van der Waals surface area contributed by atoms with Gasteiger partial charge in [-0.05, 0) is 55.3 Å². The van der Waals surface area contributed by atoms with Crippen molar-refractivity contribution in [1.82, 2.24) is 29.7 Å². The summed E-state index contributed by atoms with van der Waals surface area (Å²) < 4.78 is 15.3. The van der Waals surface area contributed by atoms with Crippen molar-refractivity contribution < 1.29 is 19.4 Å². The molecule has 2 saturated heterocycles. The molecule has 3 aromatic heterocycles. The number of carbonyl (C=O) groups is 1. The lowest BCUT2D eigenvalue weighted by Gasteiger charge is -2.36. The van der Waals surface area contributed by atoms with Gasteiger partial charge in [0.2, 0.25) is 0 Å². The Labute approximate surface area is 246 Å². The first kappa shape index (κ1) is 27.0. The van der Waals surface area contributed by atoms with E-state index in [-0.39, 0.29) is 23.8 Å². The molecule has 0 radical (unpaired) electrons. The van der Waals surface area contributed by atoms with E-state index < -0.39 is 5.97 Å². The highest BCUT2D eigenvalue weighted by molar-refractivity contribution is 7.18. The Hall–Kier alpha value is -3.90. The van der Waals surface area contributed by atoms with Crippen LogP contribution < -0.4 is 10.1 Å². The first-order valence-electron chi connectivity index (χ1n) is 14.3. The molecule has 2 N–H and O–H groups in total. The Morgan fingerprint density at radius 2 is 2.12 bits per heavy atom. The number of fused-ring (bicyclic) bond motifs is 2. The molecule has 2 aliphatic rings. The summed E-state index contributed by atoms with van der Waals surface area (Å²) in [6, 6.07) is 15.4. The molecular weight excluding hydrogens is 552 g/mol. The predicted molar refractivity (Wildman–Crippen MR) is 160 cm³/mol. The number of rotatable bonds is 9. The minimum atomic E-state index is -0.952. The van der Waals surface area contributed by atoms with Gasteiger partial charge in [-0.3, -0.25) is 9.88 Å². The zero-order valence-electron chi connectivity index (χ0n) is 23.3. The fourth-order valence-electron chi connectivity index (χ4n) is 5.75. The van der Waals surface area contributed by atoms with Crippen LogP contribution in [-0.4, -0.2) is 67.8 Å². The van der Waals surface area contributed by atoms with Crippen molar-refractivity contribution in [2.75, 3.05) is 26.2 Å². The fourth-order valence-corrected chi connectivity index (χ4v) is 6.70. The van der Waals surface area contributed by atoms with Crippen LogP contribution >= 0.6 is 11.3 Å². The summed E-state index contributed by atoms with van der Waals surface area (Å²) in [7, 11) is 0. The van der Waals surface area contributed by atoms with E-state index in [2.05, 4.69) is 16.3 Å². The molecule has 5 aromatic rings. The summed E-state index contributed by atoms with van der Waals surface area (Å²) in [5.74, 6) is -0.232. The van der Waals surface area contributed by atoms with Crippen molar-refractivity contribution in [3.8, 4) is 5.75 Å². The molecule has 5 heterocycles. The lowest BCUT2D eigenvalue weighted by atomic mass is 10.0. The minimum absolute atomic E-state index is 0.0773. The maximum absolute atomic E-state index is 12.1. The van der Waals surface area contributed by atoms with Crippen molar-refractivity contribution in [3.05, 3.63) is 82.9 Å². The lowest BCUT2D eigenvalue weighted by Crippen LogP contribution is -2.46. The lowest BCUT2D eigenvalue weighted by molar-refractivity contribution is -0.0586. The van der Waals surface area contributed by atoms with Gasteiger partial charge in [0.15, 0.2) is 0 Å². The number of piperazine rings is 1. The molecule has 0 saturated carbocycles. The van der Waals surface area contributed by atoms with Gasteiger partial charge in [0.25, 0.3) is 0 Å². The number of nitrogens with zero attached hydrogens (tertiary/aromatic N) is 5. The number of aromatic carboxylic acids is 1. The maximum Gasteiger partial charge on any atom is 0.335 e. The van der Waals surface area contributed by atoms with Crippen molar-refractivity contribution in [3.63, 3.8) is 0 Å². The fraction of sp³-hybridized carbons (Fsp3) is 0.355. The number of benzene rings is 2. The molecule has 7 rings (SSSR count). The van der Waals surface area contributed by atoms with Crippen molar-refractivity contribution in [1.29, 1.82) is 0 Å². The van der Waals surface area contributed by atoms with Crippen molar-refractivity contribution in [2.24, 2.45) is 0 Å². The SMILES string of the molecule is C[C@@H](Oc1cccnc1C1CNCCN1Cc1cc(C(=O)O)cc2c1ncn2C[C@@H]1CCO1)c1nc2ccccc2s1. The monoisotopic (exact) mass is 584 g/mol. The number of para-hydroxylation sites is 1. The van der Waals surface area contributed by atoms with E-state index >= 15 is 0 Å². The first-order valence-corrected chi connectivity index (χ1v) is 15.1. The number of nitrogens with one attached hydrogen (secondary N) is 1. The molecule has 0 amide bonds. The standard InChI is InChI=1S/C31H32N6O4S/c1-19(30-35-23-5-2-3-7-27(23)42-30)41-26-6-4-9-33-29(26)25-15-32-10-11-36(25)16-21-13-20(31(38)39)14-24-28(21)34-18-37(24)17-22-8-12-40-22/h2-7,9,13-14,18-19,22,25,32H,8,10-12,15-17H2,1H3,(H,38,39)/t19-,22+,25?/m1/s1. The van der Waals surface area contributed by atoms with E-state index in [9.17, 15) is 9.90 Å². The zero-order valence-corrected chi connectivity index (χ0v) is 24.1. The van der Waals surface area contributed by atoms with E-state index in [1.165, 1.54) is 0 Å². The second kappa shape index (κ2) is 11.4. The van der Waals surface area contributed by atoms with E-state index in [4.69, 9.17) is 24.4 Å². The van der Waals surface area contributed by atoms with E-state index in [0.29, 0.717) is 19.6 Å². The van der Waals surface area contributed by atoms with Crippen LogP contribution in [0.3, 0.4) is 0 Å². The van der Waals surface area contributed by atoms with Gasteiger partial charge < -0.3 is 24.5 Å². The van der Waals surface area contributed by atoms with Crippen LogP contribution in [0.2, 0.25) is 0 Å². The van der Waals surface area contributed by atoms with Crippen LogP contribution in [0.5, 0.6) is 5.75 Å². The number of ether oxygens (including phenoxy) is 2. The summed E-state index contributed by atoms with van der Waals surface area (Å²) in [6.45, 7) is 6.26. The number of aromatic nitrogens is 4. The number of pyridine rings is 1. The normalized spacial score (nSPS) is 20.0. The van der Waals surface area contributed by atoms with Crippen molar-refractivity contribution in [2.45, 2.75) is 44.7 Å². The maximum atomic E-state index is 12.1. The summed E-state index contributed by atoms with van der Waals surface area (Å²) in [6.07, 6.45) is 4.49. The molecule has 11 heteroatoms. The minimum Gasteiger partial charge on any atom is -0.482 e. The summed E-state index contributed by atoms with van der Waals surface area (Å²) >= 11 is 1.64. The average Bonchev–Trinajstić information content (AvgIpc) is 3.60. The second-order valence-corrected chi connectivity index (χ2v) is 11.9. The van der Waals surface area contributed by atoms with Crippen LogP contribution in [0.15, 0.2) is 61.1 Å². The zero-order chi connectivity index (χ0) is 28.6. The van der Waals surface area contributed by atoms with E-state index in [1.807, 2.05) is 41.8 Å². The molecule has 0 bridgehead atoms. The molecule has 2 aliphatic heterocycles. The van der Waals surface area contributed by atoms with Gasteiger partial charge >= 0.3 is 5.97 Å². The highest BCUT2D eigenvalue weighted by atomic mass is 32.1. The average molecular weight is 585 g/mol. The molecule has 0 aliphatic carbocycles. The van der Waals surface area contributed by atoms with Crippen LogP contribution in [0.25, 0.3) is 21.3 Å². The molecule has 2 fully saturated rings. The largest absolute Gasteiger partial charge is 0.482 e. The third-order valence-corrected chi connectivity index (χ3v) is 9.25. The smallest absolute Gasteiger partial charge is 0.335 e. The van der Waals surface area contributed by atoms with E-state index in [0.717, 1.165) is 69.4 Å². The van der Waals surface area contributed by atoms with Gasteiger partial charge in [-0.15, -0.1) is 11.3 Å². The molecule has 2 aromatic carbocycles. The molecule has 42 heavy (non-hydrogen) atoms. The molecular formula is C31H32N6O4S. The topological polar surface area (TPSA) is 115 Å². The third-order valence-electron chi connectivity index (χ3n) is 8.05. The predicted octanol–water partition coefficient (Wildman–Crippen LogP) is 4.81. The highest BCUT2D eigenvalue weighted by Gasteiger charge is 2.30. The van der Waals surface area contributed by atoms with Crippen molar-refractivity contribution >= 4 is 38.6 Å². The number of thiazole rings is 1. The Kier molecular flexibility index (Phi) is 7.32. The number of imidazole rings is 1. The van der Waals surface area contributed by atoms with Crippen LogP contribution in [0.1, 0.15) is 52.1 Å². The Balaban J connectivity index is 1.18. The second-order valence-electron chi connectivity index (χ2n) is 10.8. The molecule has 0 spiro atoms. The number of carboxylic acid groups (broad SMARTS) is 1. The summed E-state index contributed by atoms with van der Waals surface area (Å²) in [5, 5.41) is 14.4. The number of carboxylic acids is 1. The van der Waals surface area contributed by atoms with Crippen LogP contribution in [-0.2, 0) is 17.8 Å². The van der Waals surface area contributed by atoms with Crippen LogP contribution in [0.4, 0.5) is 0 Å². The van der Waals surface area contributed by atoms with Gasteiger partial charge in [-0.1, -0.05) is 12.1 Å². The Bertz CT molecular complexity index is 1720. The van der Waals surface area contributed by atoms with E-state index in [1.54, 1.807) is 36.0 Å². The highest BCUT2D eigenvalue weighted by Crippen LogP contribution is 2.35. The quantitative estimate of drug-likeness (QED) is 0.252. The van der Waals surface area contributed by atoms with Gasteiger partial charge in [-0.25, -0.2) is 14.8 Å². The third kappa shape index (κ3) is 5.24. The number of hydrogen-bond acceptors (Lipinski definition) is 9. The van der Waals surface area contributed by atoms with Gasteiger partial charge in [0.1, 0.15) is 22.6 Å². The van der Waals surface area contributed by atoms with Gasteiger partial charge in [0.05, 0.1) is 51.8 Å². The number of hydrogen-bond donors (Lipinski definition) is 2. The molecule has 3 atom stereocenters. The summed E-state index contributed by atoms with van der Waals surface area (Å²) in [5.41, 5.74) is 4.59. The van der Waals surface area contributed by atoms with Gasteiger partial charge in [-0.2, -0.15) is 0 Å². The van der Waals surface area contributed by atoms with Crippen LogP contribution in [0, 0.1) is 0 Å². The Morgan fingerprint density at radius 1 is 1.24 bits per heavy atom. The first-order chi connectivity index (χ1) is 20.5. The molecule has 1 unspecified atom stereocenters. The Morgan fingerprint density at radius 3 is 2.93 bits per heavy atom. The summed E-state index contributed by atoms with van der Waals surface area (Å²) in [4.78, 5) is 28.8.